The smallest absolute Gasteiger partial charge is 0.255 e. The van der Waals surface area contributed by atoms with Gasteiger partial charge in [-0.05, 0) is 42.3 Å². The van der Waals surface area contributed by atoms with Crippen LogP contribution in [0.5, 0.6) is 0 Å². The van der Waals surface area contributed by atoms with Crippen LogP contribution in [-0.2, 0) is 0 Å². The zero-order valence-corrected chi connectivity index (χ0v) is 15.8. The number of nitrogens with one attached hydrogen (secondary N) is 1. The third-order valence-electron chi connectivity index (χ3n) is 3.25. The van der Waals surface area contributed by atoms with E-state index in [1.165, 1.54) is 0 Å². The summed E-state index contributed by atoms with van der Waals surface area (Å²) >= 11 is 9.37. The molecule has 6 heteroatoms. The number of carbonyl (C=O) groups is 1. The second-order valence-electron chi connectivity index (χ2n) is 5.83. The van der Waals surface area contributed by atoms with Gasteiger partial charge in [-0.25, -0.2) is 4.98 Å². The zero-order valence-electron chi connectivity index (χ0n) is 13.4. The Hall–Kier alpha value is -1.56. The van der Waals surface area contributed by atoms with Crippen LogP contribution in [0.25, 0.3) is 10.2 Å². The largest absolute Gasteiger partial charge is 0.322 e. The second-order valence-corrected chi connectivity index (χ2v) is 8.57. The number of hydrogen-bond donors (Lipinski definition) is 1. The number of nitrogens with zero attached hydrogens (tertiary/aromatic N) is 1. The van der Waals surface area contributed by atoms with Crippen LogP contribution in [0.3, 0.4) is 0 Å². The Bertz CT molecular complexity index is 876. The average Bonchev–Trinajstić information content (AvgIpc) is 2.95. The molecule has 0 spiro atoms. The summed E-state index contributed by atoms with van der Waals surface area (Å²) in [6.07, 6.45) is 0. The highest BCUT2D eigenvalue weighted by atomic mass is 35.5. The van der Waals surface area contributed by atoms with Gasteiger partial charge in [0, 0.05) is 22.0 Å². The van der Waals surface area contributed by atoms with Gasteiger partial charge in [-0.1, -0.05) is 43.3 Å². The predicted molar refractivity (Wildman–Crippen MR) is 105 cm³/mol. The lowest BCUT2D eigenvalue weighted by atomic mass is 10.2. The summed E-state index contributed by atoms with van der Waals surface area (Å²) in [5.41, 5.74) is 2.27. The van der Waals surface area contributed by atoms with Crippen molar-refractivity contribution < 1.29 is 4.79 Å². The van der Waals surface area contributed by atoms with Crippen LogP contribution < -0.4 is 5.32 Å². The van der Waals surface area contributed by atoms with E-state index in [0.29, 0.717) is 16.5 Å². The van der Waals surface area contributed by atoms with Gasteiger partial charge in [0.2, 0.25) is 0 Å². The third-order valence-corrected chi connectivity index (χ3v) is 6.08. The predicted octanol–water partition coefficient (Wildman–Crippen LogP) is 5.95. The molecule has 0 aliphatic carbocycles. The number of aromatic nitrogens is 1. The molecule has 0 aliphatic heterocycles. The van der Waals surface area contributed by atoms with Crippen molar-refractivity contribution in [3.05, 3.63) is 53.1 Å². The number of thiazole rings is 1. The minimum Gasteiger partial charge on any atom is -0.322 e. The molecule has 0 fully saturated rings. The second kappa shape index (κ2) is 7.55. The summed E-state index contributed by atoms with van der Waals surface area (Å²) in [6.45, 7) is 4.40. The topological polar surface area (TPSA) is 42.0 Å². The minimum atomic E-state index is -0.171. The maximum absolute atomic E-state index is 12.3. The van der Waals surface area contributed by atoms with Crippen molar-refractivity contribution in [3.8, 4) is 0 Å². The van der Waals surface area contributed by atoms with Crippen LogP contribution in [0.4, 0.5) is 5.69 Å². The van der Waals surface area contributed by atoms with Gasteiger partial charge in [0.1, 0.15) is 0 Å². The molecule has 0 aliphatic rings. The highest BCUT2D eigenvalue weighted by Gasteiger charge is 2.09. The number of carbonyl (C=O) groups excluding carboxylic acids is 1. The Morgan fingerprint density at radius 2 is 2.12 bits per heavy atom. The molecule has 1 N–H and O–H groups in total. The van der Waals surface area contributed by atoms with E-state index in [4.69, 9.17) is 11.6 Å². The van der Waals surface area contributed by atoms with Crippen molar-refractivity contribution in [1.82, 2.24) is 4.98 Å². The summed E-state index contributed by atoms with van der Waals surface area (Å²) in [5.74, 6) is 1.52. The van der Waals surface area contributed by atoms with Gasteiger partial charge < -0.3 is 5.32 Å². The Balaban J connectivity index is 1.76. The molecule has 1 aromatic heterocycles. The normalized spacial score (nSPS) is 11.2. The first-order valence-electron chi connectivity index (χ1n) is 7.61. The van der Waals surface area contributed by atoms with Crippen LogP contribution >= 0.6 is 34.7 Å². The minimum absolute atomic E-state index is 0.171. The number of anilines is 1. The van der Waals surface area contributed by atoms with Crippen LogP contribution in [0, 0.1) is 5.92 Å². The first-order valence-corrected chi connectivity index (χ1v) is 9.79. The van der Waals surface area contributed by atoms with Crippen LogP contribution in [0.15, 0.2) is 46.8 Å². The quantitative estimate of drug-likeness (QED) is 0.559. The Labute approximate surface area is 154 Å². The monoisotopic (exact) mass is 376 g/mol. The van der Waals surface area contributed by atoms with E-state index in [9.17, 15) is 4.79 Å². The molecule has 124 valence electrons. The SMILES string of the molecule is CC(C)CSc1nc2ccc(NC(=O)c3cccc(Cl)c3)cc2s1. The summed E-state index contributed by atoms with van der Waals surface area (Å²) in [6, 6.07) is 12.7. The Kier molecular flexibility index (Phi) is 5.43. The van der Waals surface area contributed by atoms with Crippen molar-refractivity contribution in [3.63, 3.8) is 0 Å². The van der Waals surface area contributed by atoms with E-state index in [1.54, 1.807) is 47.4 Å². The number of amides is 1. The molecule has 24 heavy (non-hydrogen) atoms. The van der Waals surface area contributed by atoms with Gasteiger partial charge in [-0.15, -0.1) is 11.3 Å². The molecule has 0 unspecified atom stereocenters. The molecule has 2 aromatic carbocycles. The summed E-state index contributed by atoms with van der Waals surface area (Å²) in [4.78, 5) is 16.9. The van der Waals surface area contributed by atoms with Gasteiger partial charge >= 0.3 is 0 Å². The molecule has 1 heterocycles. The number of fused-ring (bicyclic) bond motifs is 1. The lowest BCUT2D eigenvalue weighted by molar-refractivity contribution is 0.102. The summed E-state index contributed by atoms with van der Waals surface area (Å²) in [7, 11) is 0. The Morgan fingerprint density at radius 3 is 2.88 bits per heavy atom. The third kappa shape index (κ3) is 4.29. The Morgan fingerprint density at radius 1 is 1.29 bits per heavy atom. The van der Waals surface area contributed by atoms with E-state index in [-0.39, 0.29) is 5.91 Å². The molecule has 0 saturated carbocycles. The first kappa shape index (κ1) is 17.3. The van der Waals surface area contributed by atoms with Crippen molar-refractivity contribution in [2.24, 2.45) is 5.92 Å². The van der Waals surface area contributed by atoms with E-state index < -0.39 is 0 Å². The van der Waals surface area contributed by atoms with Crippen molar-refractivity contribution in [1.29, 1.82) is 0 Å². The van der Waals surface area contributed by atoms with E-state index >= 15 is 0 Å². The van der Waals surface area contributed by atoms with Gasteiger partial charge in [0.05, 0.1) is 10.2 Å². The fourth-order valence-electron chi connectivity index (χ4n) is 2.11. The molecule has 0 atom stereocenters. The lowest BCUT2D eigenvalue weighted by Gasteiger charge is -2.05. The van der Waals surface area contributed by atoms with Crippen LogP contribution in [-0.4, -0.2) is 16.6 Å². The van der Waals surface area contributed by atoms with Gasteiger partial charge in [0.15, 0.2) is 4.34 Å². The number of hydrogen-bond acceptors (Lipinski definition) is 4. The highest BCUT2D eigenvalue weighted by Crippen LogP contribution is 2.32. The van der Waals surface area contributed by atoms with Gasteiger partial charge in [0.25, 0.3) is 5.91 Å². The van der Waals surface area contributed by atoms with E-state index in [0.717, 1.165) is 26.0 Å². The number of thioether (sulfide) groups is 1. The molecule has 3 rings (SSSR count). The zero-order chi connectivity index (χ0) is 17.1. The fourth-order valence-corrected chi connectivity index (χ4v) is 4.39. The van der Waals surface area contributed by atoms with E-state index in [1.807, 2.05) is 18.2 Å². The summed E-state index contributed by atoms with van der Waals surface area (Å²) < 4.78 is 2.14. The van der Waals surface area contributed by atoms with E-state index in [2.05, 4.69) is 24.1 Å². The van der Waals surface area contributed by atoms with Crippen molar-refractivity contribution in [2.75, 3.05) is 11.1 Å². The first-order chi connectivity index (χ1) is 11.5. The van der Waals surface area contributed by atoms with Crippen LogP contribution in [0.1, 0.15) is 24.2 Å². The maximum Gasteiger partial charge on any atom is 0.255 e. The summed E-state index contributed by atoms with van der Waals surface area (Å²) in [5, 5.41) is 3.46. The number of halogens is 1. The molecule has 0 radical (unpaired) electrons. The standard InChI is InChI=1S/C18H17ClN2OS2/c1-11(2)10-23-18-21-15-7-6-14(9-16(15)24-18)20-17(22)12-4-3-5-13(19)8-12/h3-9,11H,10H2,1-2H3,(H,20,22). The molecule has 3 aromatic rings. The number of benzene rings is 2. The molecular weight excluding hydrogens is 360 g/mol. The van der Waals surface area contributed by atoms with Crippen LogP contribution in [0.2, 0.25) is 5.02 Å². The van der Waals surface area contributed by atoms with Crippen molar-refractivity contribution in [2.45, 2.75) is 18.2 Å². The fraction of sp³-hybridized carbons (Fsp3) is 0.222. The molecular formula is C18H17ClN2OS2. The molecule has 0 bridgehead atoms. The maximum atomic E-state index is 12.3. The molecule has 1 amide bonds. The lowest BCUT2D eigenvalue weighted by Crippen LogP contribution is -2.11. The number of rotatable bonds is 5. The average molecular weight is 377 g/mol. The van der Waals surface area contributed by atoms with Crippen molar-refractivity contribution >= 4 is 56.5 Å². The van der Waals surface area contributed by atoms with Gasteiger partial charge in [-0.2, -0.15) is 0 Å². The molecule has 3 nitrogen and oxygen atoms in total. The van der Waals surface area contributed by atoms with Gasteiger partial charge in [-0.3, -0.25) is 4.79 Å². The highest BCUT2D eigenvalue weighted by molar-refractivity contribution is 8.01. The molecule has 0 saturated heterocycles.